The first-order chi connectivity index (χ1) is 15.3. The van der Waals surface area contributed by atoms with Gasteiger partial charge in [-0.1, -0.05) is 45.4 Å². The Hall–Kier alpha value is -2.93. The third-order valence-corrected chi connectivity index (χ3v) is 5.16. The number of fused-ring (bicyclic) bond motifs is 1. The van der Waals surface area contributed by atoms with Crippen molar-refractivity contribution in [2.24, 2.45) is 17.6 Å². The van der Waals surface area contributed by atoms with Crippen LogP contribution in [0.15, 0.2) is 36.4 Å². The van der Waals surface area contributed by atoms with Crippen LogP contribution in [-0.4, -0.2) is 40.1 Å². The molecule has 0 atom stereocenters. The lowest BCUT2D eigenvalue weighted by Gasteiger charge is -2.27. The van der Waals surface area contributed by atoms with E-state index in [-0.39, 0.29) is 5.91 Å². The van der Waals surface area contributed by atoms with Gasteiger partial charge >= 0.3 is 0 Å². The molecule has 1 amide bonds. The van der Waals surface area contributed by atoms with E-state index >= 15 is 0 Å². The number of aryl methyl sites for hydroxylation is 2. The lowest BCUT2D eigenvalue weighted by Crippen LogP contribution is -2.32. The van der Waals surface area contributed by atoms with Gasteiger partial charge in [-0.25, -0.2) is 9.97 Å². The zero-order valence-corrected chi connectivity index (χ0v) is 19.9. The number of amides is 1. The van der Waals surface area contributed by atoms with Gasteiger partial charge in [0.2, 0.25) is 5.95 Å². The monoisotopic (exact) mass is 436 g/mol. The Morgan fingerprint density at radius 1 is 1.09 bits per heavy atom. The van der Waals surface area contributed by atoms with Gasteiger partial charge in [0.05, 0.1) is 0 Å². The quantitative estimate of drug-likeness (QED) is 0.490. The maximum absolute atomic E-state index is 12.9. The predicted molar refractivity (Wildman–Crippen MR) is 132 cm³/mol. The molecule has 0 radical (unpaired) electrons. The minimum atomic E-state index is -0.181. The highest BCUT2D eigenvalue weighted by Crippen LogP contribution is 2.24. The fraction of sp³-hybridized carbons (Fsp3) is 0.480. The second-order valence-electron chi connectivity index (χ2n) is 9.26. The van der Waals surface area contributed by atoms with Crippen LogP contribution in [0.1, 0.15) is 50.0 Å². The van der Waals surface area contributed by atoms with Crippen molar-refractivity contribution in [3.8, 4) is 0 Å². The van der Waals surface area contributed by atoms with Crippen LogP contribution in [0.2, 0.25) is 0 Å². The first kappa shape index (κ1) is 23.7. The van der Waals surface area contributed by atoms with E-state index in [1.54, 1.807) is 6.07 Å². The van der Waals surface area contributed by atoms with Crippen molar-refractivity contribution in [2.75, 3.05) is 29.9 Å². The number of anilines is 2. The van der Waals surface area contributed by atoms with E-state index in [0.717, 1.165) is 42.1 Å². The SMILES string of the molecule is Cc1cccc(C(=O)Nc2nc3ccc(N(CC(C)C)CC(C)C)nc3n2CCCN)c1. The minimum Gasteiger partial charge on any atom is -0.356 e. The van der Waals surface area contributed by atoms with Crippen molar-refractivity contribution in [3.63, 3.8) is 0 Å². The van der Waals surface area contributed by atoms with Crippen molar-refractivity contribution in [2.45, 2.75) is 47.6 Å². The van der Waals surface area contributed by atoms with Crippen LogP contribution in [0.4, 0.5) is 11.8 Å². The van der Waals surface area contributed by atoms with E-state index in [2.05, 4.69) is 42.9 Å². The molecule has 7 nitrogen and oxygen atoms in total. The molecule has 0 aliphatic heterocycles. The molecule has 0 saturated carbocycles. The molecule has 0 aliphatic carbocycles. The summed E-state index contributed by atoms with van der Waals surface area (Å²) < 4.78 is 1.97. The Morgan fingerprint density at radius 2 is 1.81 bits per heavy atom. The summed E-state index contributed by atoms with van der Waals surface area (Å²) in [6.45, 7) is 13.9. The van der Waals surface area contributed by atoms with Crippen LogP contribution in [0.25, 0.3) is 11.2 Å². The lowest BCUT2D eigenvalue weighted by atomic mass is 10.1. The van der Waals surface area contributed by atoms with Gasteiger partial charge in [-0.3, -0.25) is 14.7 Å². The molecule has 2 heterocycles. The number of rotatable bonds is 10. The van der Waals surface area contributed by atoms with Gasteiger partial charge in [0.25, 0.3) is 5.91 Å². The van der Waals surface area contributed by atoms with Gasteiger partial charge < -0.3 is 10.6 Å². The zero-order chi connectivity index (χ0) is 23.3. The molecule has 3 N–H and O–H groups in total. The summed E-state index contributed by atoms with van der Waals surface area (Å²) in [5.41, 5.74) is 8.97. The van der Waals surface area contributed by atoms with E-state index in [1.165, 1.54) is 0 Å². The third kappa shape index (κ3) is 5.85. The zero-order valence-electron chi connectivity index (χ0n) is 19.9. The molecule has 3 aromatic rings. The fourth-order valence-electron chi connectivity index (χ4n) is 3.83. The molecule has 0 saturated heterocycles. The highest BCUT2D eigenvalue weighted by Gasteiger charge is 2.18. The van der Waals surface area contributed by atoms with Crippen LogP contribution in [0, 0.1) is 18.8 Å². The molecule has 7 heteroatoms. The van der Waals surface area contributed by atoms with Crippen molar-refractivity contribution in [1.29, 1.82) is 0 Å². The second-order valence-corrected chi connectivity index (χ2v) is 9.26. The van der Waals surface area contributed by atoms with Gasteiger partial charge in [-0.05, 0) is 56.0 Å². The summed E-state index contributed by atoms with van der Waals surface area (Å²) in [4.78, 5) is 24.9. The molecule has 172 valence electrons. The van der Waals surface area contributed by atoms with Crippen molar-refractivity contribution in [3.05, 3.63) is 47.5 Å². The normalized spacial score (nSPS) is 11.5. The molecular formula is C25H36N6O. The number of aromatic nitrogens is 3. The summed E-state index contributed by atoms with van der Waals surface area (Å²) in [5, 5.41) is 2.98. The summed E-state index contributed by atoms with van der Waals surface area (Å²) in [5.74, 6) is 2.31. The number of hydrogen-bond donors (Lipinski definition) is 2. The Balaban J connectivity index is 1.99. The minimum absolute atomic E-state index is 0.181. The van der Waals surface area contributed by atoms with Gasteiger partial charge in [-0.15, -0.1) is 0 Å². The Labute approximate surface area is 191 Å². The van der Waals surface area contributed by atoms with Crippen LogP contribution in [0.3, 0.4) is 0 Å². The Morgan fingerprint density at radius 3 is 2.44 bits per heavy atom. The van der Waals surface area contributed by atoms with Crippen LogP contribution in [-0.2, 0) is 6.54 Å². The summed E-state index contributed by atoms with van der Waals surface area (Å²) in [7, 11) is 0. The maximum atomic E-state index is 12.9. The first-order valence-electron chi connectivity index (χ1n) is 11.5. The Bertz CT molecular complexity index is 1050. The third-order valence-electron chi connectivity index (χ3n) is 5.16. The molecule has 0 spiro atoms. The number of carbonyl (C=O) groups is 1. The number of imidazole rings is 1. The molecule has 3 rings (SSSR count). The number of hydrogen-bond acceptors (Lipinski definition) is 5. The highest BCUT2D eigenvalue weighted by atomic mass is 16.1. The fourth-order valence-corrected chi connectivity index (χ4v) is 3.83. The summed E-state index contributed by atoms with van der Waals surface area (Å²) in [6, 6.07) is 11.5. The molecule has 0 bridgehead atoms. The maximum Gasteiger partial charge on any atom is 0.257 e. The van der Waals surface area contributed by atoms with E-state index in [1.807, 2.05) is 41.8 Å². The van der Waals surface area contributed by atoms with Crippen LogP contribution < -0.4 is 16.0 Å². The average Bonchev–Trinajstić information content (AvgIpc) is 3.07. The van der Waals surface area contributed by atoms with Crippen LogP contribution in [0.5, 0.6) is 0 Å². The number of nitrogens with one attached hydrogen (secondary N) is 1. The van der Waals surface area contributed by atoms with Gasteiger partial charge in [0.15, 0.2) is 5.65 Å². The van der Waals surface area contributed by atoms with E-state index in [0.29, 0.717) is 36.4 Å². The molecule has 0 unspecified atom stereocenters. The summed E-state index contributed by atoms with van der Waals surface area (Å²) >= 11 is 0. The van der Waals surface area contributed by atoms with Crippen LogP contribution >= 0.6 is 0 Å². The molecule has 32 heavy (non-hydrogen) atoms. The Kier molecular flexibility index (Phi) is 7.85. The smallest absolute Gasteiger partial charge is 0.257 e. The number of nitrogens with two attached hydrogens (primary N) is 1. The first-order valence-corrected chi connectivity index (χ1v) is 11.5. The topological polar surface area (TPSA) is 89.1 Å². The largest absolute Gasteiger partial charge is 0.356 e. The lowest BCUT2D eigenvalue weighted by molar-refractivity contribution is 0.102. The number of pyridine rings is 1. The number of benzene rings is 1. The number of carbonyl (C=O) groups excluding carboxylic acids is 1. The molecule has 0 fully saturated rings. The number of nitrogens with zero attached hydrogens (tertiary/aromatic N) is 4. The van der Waals surface area contributed by atoms with Gasteiger partial charge in [0, 0.05) is 25.2 Å². The van der Waals surface area contributed by atoms with Crippen molar-refractivity contribution >= 4 is 28.8 Å². The van der Waals surface area contributed by atoms with E-state index < -0.39 is 0 Å². The average molecular weight is 437 g/mol. The second kappa shape index (κ2) is 10.6. The van der Waals surface area contributed by atoms with Crippen molar-refractivity contribution in [1.82, 2.24) is 14.5 Å². The molecule has 2 aromatic heterocycles. The molecular weight excluding hydrogens is 400 g/mol. The molecule has 1 aromatic carbocycles. The highest BCUT2D eigenvalue weighted by molar-refractivity contribution is 6.04. The van der Waals surface area contributed by atoms with E-state index in [9.17, 15) is 4.79 Å². The van der Waals surface area contributed by atoms with Gasteiger partial charge in [0.1, 0.15) is 11.3 Å². The summed E-state index contributed by atoms with van der Waals surface area (Å²) in [6.07, 6.45) is 0.770. The predicted octanol–water partition coefficient (Wildman–Crippen LogP) is 4.46. The van der Waals surface area contributed by atoms with Crippen molar-refractivity contribution < 1.29 is 4.79 Å². The molecule has 0 aliphatic rings. The standard InChI is InChI=1S/C25H36N6O/c1-17(2)15-30(16-18(3)4)22-11-10-21-23(28-22)31(13-7-12-26)25(27-21)29-24(32)20-9-6-8-19(5)14-20/h6,8-11,14,17-18H,7,12-13,15-16,26H2,1-5H3,(H,27,29,32). The van der Waals surface area contributed by atoms with E-state index in [4.69, 9.17) is 10.7 Å². The van der Waals surface area contributed by atoms with Gasteiger partial charge in [-0.2, -0.15) is 0 Å².